The number of rotatable bonds is 2. The summed E-state index contributed by atoms with van der Waals surface area (Å²) in [6, 6.07) is 11.7. The summed E-state index contributed by atoms with van der Waals surface area (Å²) in [7, 11) is 0. The van der Waals surface area contributed by atoms with Crippen molar-refractivity contribution in [1.29, 1.82) is 0 Å². The fourth-order valence-corrected chi connectivity index (χ4v) is 3.79. The Hall–Kier alpha value is -2.24. The van der Waals surface area contributed by atoms with Crippen molar-refractivity contribution in [2.75, 3.05) is 0 Å². The summed E-state index contributed by atoms with van der Waals surface area (Å²) in [6.45, 7) is -0.438. The zero-order chi connectivity index (χ0) is 16.8. The van der Waals surface area contributed by atoms with Gasteiger partial charge in [0, 0.05) is 0 Å². The second kappa shape index (κ2) is 5.69. The molecule has 4 N–H and O–H groups in total. The number of hydrogen-bond donors (Lipinski definition) is 4. The first-order chi connectivity index (χ1) is 11.7. The molecule has 24 heavy (non-hydrogen) atoms. The van der Waals surface area contributed by atoms with E-state index in [1.165, 1.54) is 6.08 Å². The maximum absolute atomic E-state index is 10.5. The molecule has 0 heterocycles. The van der Waals surface area contributed by atoms with Crippen LogP contribution in [0.25, 0.3) is 27.6 Å². The lowest BCUT2D eigenvalue weighted by molar-refractivity contribution is 0.0456. The molecule has 0 unspecified atom stereocenters. The van der Waals surface area contributed by atoms with E-state index < -0.39 is 12.2 Å². The van der Waals surface area contributed by atoms with Gasteiger partial charge in [-0.15, -0.1) is 0 Å². The van der Waals surface area contributed by atoms with Gasteiger partial charge in [-0.1, -0.05) is 48.6 Å². The molecule has 4 rings (SSSR count). The lowest BCUT2D eigenvalue weighted by Crippen LogP contribution is -2.22. The van der Waals surface area contributed by atoms with E-state index in [9.17, 15) is 20.4 Å². The van der Waals surface area contributed by atoms with Crippen LogP contribution in [0.5, 0.6) is 0 Å². The van der Waals surface area contributed by atoms with Gasteiger partial charge in [-0.2, -0.15) is 0 Å². The Morgan fingerprint density at radius 2 is 1.58 bits per heavy atom. The van der Waals surface area contributed by atoms with Crippen LogP contribution in [0, 0.1) is 0 Å². The summed E-state index contributed by atoms with van der Waals surface area (Å²) in [4.78, 5) is 0. The Bertz CT molecular complexity index is 974. The van der Waals surface area contributed by atoms with Crippen molar-refractivity contribution >= 4 is 27.6 Å². The predicted molar refractivity (Wildman–Crippen MR) is 93.3 cm³/mol. The number of aliphatic hydroxyl groups is 4. The molecule has 0 bridgehead atoms. The lowest BCUT2D eigenvalue weighted by Gasteiger charge is -2.28. The maximum atomic E-state index is 10.5. The van der Waals surface area contributed by atoms with Gasteiger partial charge in [0.05, 0.1) is 13.2 Å². The third kappa shape index (κ3) is 2.01. The zero-order valence-corrected chi connectivity index (χ0v) is 13.0. The van der Waals surface area contributed by atoms with Crippen molar-refractivity contribution in [3.05, 3.63) is 64.7 Å². The van der Waals surface area contributed by atoms with Crippen molar-refractivity contribution in [2.24, 2.45) is 0 Å². The van der Waals surface area contributed by atoms with Gasteiger partial charge in [0.2, 0.25) is 0 Å². The van der Waals surface area contributed by atoms with E-state index in [1.807, 2.05) is 36.4 Å². The van der Waals surface area contributed by atoms with Crippen LogP contribution in [0.3, 0.4) is 0 Å². The molecule has 0 saturated heterocycles. The lowest BCUT2D eigenvalue weighted by atomic mass is 9.81. The summed E-state index contributed by atoms with van der Waals surface area (Å²) in [5.74, 6) is 0. The number of benzene rings is 3. The van der Waals surface area contributed by atoms with E-state index in [4.69, 9.17) is 0 Å². The van der Waals surface area contributed by atoms with Gasteiger partial charge in [-0.25, -0.2) is 0 Å². The Balaban J connectivity index is 2.26. The third-order valence-corrected chi connectivity index (χ3v) is 4.89. The molecule has 0 fully saturated rings. The van der Waals surface area contributed by atoms with Crippen molar-refractivity contribution in [3.63, 3.8) is 0 Å². The van der Waals surface area contributed by atoms with Crippen LogP contribution in [0.4, 0.5) is 0 Å². The second-order valence-corrected chi connectivity index (χ2v) is 6.10. The van der Waals surface area contributed by atoms with Gasteiger partial charge >= 0.3 is 0 Å². The van der Waals surface area contributed by atoms with Crippen molar-refractivity contribution < 1.29 is 20.4 Å². The van der Waals surface area contributed by atoms with Gasteiger partial charge < -0.3 is 20.4 Å². The maximum Gasteiger partial charge on any atom is 0.109 e. The Morgan fingerprint density at radius 3 is 2.33 bits per heavy atom. The molecule has 0 spiro atoms. The van der Waals surface area contributed by atoms with Crippen molar-refractivity contribution in [3.8, 4) is 0 Å². The molecule has 0 amide bonds. The molecule has 4 nitrogen and oxygen atoms in total. The topological polar surface area (TPSA) is 80.9 Å². The molecule has 2 atom stereocenters. The molecule has 0 saturated carbocycles. The average Bonchev–Trinajstić information content (AvgIpc) is 2.62. The van der Waals surface area contributed by atoms with Crippen LogP contribution in [0.15, 0.2) is 42.5 Å². The molecule has 1 aliphatic rings. The Morgan fingerprint density at radius 1 is 0.833 bits per heavy atom. The summed E-state index contributed by atoms with van der Waals surface area (Å²) in [5, 5.41) is 44.1. The van der Waals surface area contributed by atoms with Crippen LogP contribution in [-0.2, 0) is 13.2 Å². The highest BCUT2D eigenvalue weighted by atomic mass is 16.3. The average molecular weight is 322 g/mol. The minimum atomic E-state index is -1.12. The molecule has 1 aliphatic carbocycles. The quantitative estimate of drug-likeness (QED) is 0.546. The highest BCUT2D eigenvalue weighted by molar-refractivity contribution is 6.11. The summed E-state index contributed by atoms with van der Waals surface area (Å²) >= 11 is 0. The molecular weight excluding hydrogens is 304 g/mol. The first kappa shape index (κ1) is 15.3. The zero-order valence-electron chi connectivity index (χ0n) is 13.0. The second-order valence-electron chi connectivity index (χ2n) is 6.10. The molecule has 0 aliphatic heterocycles. The number of fused-ring (bicyclic) bond motifs is 4. The SMILES string of the molecule is OCc1c2c(c(CO)c3c1ccc1ccccc13)[C@@H](O)[C@H](O)C=C2. The molecule has 4 heteroatoms. The summed E-state index contributed by atoms with van der Waals surface area (Å²) in [6.07, 6.45) is 1.08. The Labute approximate surface area is 138 Å². The van der Waals surface area contributed by atoms with Gasteiger partial charge in [0.25, 0.3) is 0 Å². The van der Waals surface area contributed by atoms with E-state index in [2.05, 4.69) is 0 Å². The first-order valence-corrected chi connectivity index (χ1v) is 7.92. The minimum Gasteiger partial charge on any atom is -0.392 e. The van der Waals surface area contributed by atoms with Crippen LogP contribution >= 0.6 is 0 Å². The van der Waals surface area contributed by atoms with Crippen molar-refractivity contribution in [2.45, 2.75) is 25.4 Å². The van der Waals surface area contributed by atoms with Crippen molar-refractivity contribution in [1.82, 2.24) is 0 Å². The molecule has 3 aromatic rings. The fourth-order valence-electron chi connectivity index (χ4n) is 3.79. The summed E-state index contributed by atoms with van der Waals surface area (Å²) < 4.78 is 0. The standard InChI is InChI=1S/C20H18O4/c21-9-15-13-6-5-11-3-1-2-4-12(11)18(13)16(10-22)19-14(15)7-8-17(23)20(19)24/h1-8,17,20-24H,9-10H2/t17-,20+/m1/s1. The molecule has 122 valence electrons. The number of hydrogen-bond acceptors (Lipinski definition) is 4. The molecule has 0 radical (unpaired) electrons. The van der Waals surface area contributed by atoms with Crippen LogP contribution in [0.2, 0.25) is 0 Å². The van der Waals surface area contributed by atoms with E-state index in [0.29, 0.717) is 22.3 Å². The van der Waals surface area contributed by atoms with E-state index in [1.54, 1.807) is 6.08 Å². The minimum absolute atomic E-state index is 0.184. The Kier molecular flexibility index (Phi) is 3.62. The molecule has 0 aromatic heterocycles. The molecular formula is C20H18O4. The van der Waals surface area contributed by atoms with Gasteiger partial charge in [-0.05, 0) is 43.8 Å². The third-order valence-electron chi connectivity index (χ3n) is 4.89. The van der Waals surface area contributed by atoms with Crippen LogP contribution < -0.4 is 0 Å². The first-order valence-electron chi connectivity index (χ1n) is 7.92. The number of aliphatic hydroxyl groups excluding tert-OH is 4. The van der Waals surface area contributed by atoms with Gasteiger partial charge in [-0.3, -0.25) is 0 Å². The smallest absolute Gasteiger partial charge is 0.109 e. The van der Waals surface area contributed by atoms with E-state index >= 15 is 0 Å². The van der Waals surface area contributed by atoms with Gasteiger partial charge in [0.1, 0.15) is 12.2 Å². The molecule has 3 aromatic carbocycles. The van der Waals surface area contributed by atoms with Crippen LogP contribution in [0.1, 0.15) is 28.4 Å². The highest BCUT2D eigenvalue weighted by Gasteiger charge is 2.29. The fraction of sp³-hybridized carbons (Fsp3) is 0.200. The van der Waals surface area contributed by atoms with Crippen LogP contribution in [-0.4, -0.2) is 26.5 Å². The highest BCUT2D eigenvalue weighted by Crippen LogP contribution is 2.41. The van der Waals surface area contributed by atoms with E-state index in [-0.39, 0.29) is 13.2 Å². The monoisotopic (exact) mass is 322 g/mol. The normalized spacial score (nSPS) is 19.8. The van der Waals surface area contributed by atoms with E-state index in [0.717, 1.165) is 21.5 Å². The largest absolute Gasteiger partial charge is 0.392 e. The predicted octanol–water partition coefficient (Wildman–Crippen LogP) is 2.40. The summed E-state index contributed by atoms with van der Waals surface area (Å²) in [5.41, 5.74) is 2.48. The van der Waals surface area contributed by atoms with Gasteiger partial charge in [0.15, 0.2) is 0 Å².